The van der Waals surface area contributed by atoms with E-state index in [1.807, 2.05) is 0 Å². The molecule has 2 heterocycles. The summed E-state index contributed by atoms with van der Waals surface area (Å²) in [6.45, 7) is 0.128. The van der Waals surface area contributed by atoms with Gasteiger partial charge in [0.2, 0.25) is 10.0 Å². The second-order valence-corrected chi connectivity index (χ2v) is 9.31. The van der Waals surface area contributed by atoms with Crippen molar-refractivity contribution in [2.24, 2.45) is 0 Å². The first-order chi connectivity index (χ1) is 9.76. The minimum atomic E-state index is -3.79. The summed E-state index contributed by atoms with van der Waals surface area (Å²) < 4.78 is 49.3. The lowest BCUT2D eigenvalue weighted by molar-refractivity contribution is 0.434. The molecule has 1 aromatic rings. The molecule has 7 nitrogen and oxygen atoms in total. The van der Waals surface area contributed by atoms with Gasteiger partial charge in [0.25, 0.3) is 0 Å². The standard InChI is InChI=1S/C11H16ClN3O4S2/c1-13-11-10(12)7-9(8-14-11)21(18,19)15-3-2-5-20(16,17)6-4-15/h7-8H,2-6H2,1H3,(H,13,14). The van der Waals surface area contributed by atoms with Crippen molar-refractivity contribution in [3.8, 4) is 0 Å². The van der Waals surface area contributed by atoms with Gasteiger partial charge in [-0.15, -0.1) is 0 Å². The van der Waals surface area contributed by atoms with Gasteiger partial charge in [-0.05, 0) is 12.5 Å². The highest BCUT2D eigenvalue weighted by molar-refractivity contribution is 7.91. The summed E-state index contributed by atoms with van der Waals surface area (Å²) in [6.07, 6.45) is 1.50. The van der Waals surface area contributed by atoms with Crippen molar-refractivity contribution >= 4 is 37.3 Å². The van der Waals surface area contributed by atoms with Gasteiger partial charge in [0, 0.05) is 26.3 Å². The maximum Gasteiger partial charge on any atom is 0.244 e. The van der Waals surface area contributed by atoms with Crippen LogP contribution in [0.25, 0.3) is 0 Å². The minimum absolute atomic E-state index is 0.0106. The van der Waals surface area contributed by atoms with Gasteiger partial charge in [-0.2, -0.15) is 4.31 Å². The van der Waals surface area contributed by atoms with Crippen molar-refractivity contribution in [3.63, 3.8) is 0 Å². The number of nitrogens with one attached hydrogen (secondary N) is 1. The molecule has 0 unspecified atom stereocenters. The molecule has 21 heavy (non-hydrogen) atoms. The van der Waals surface area contributed by atoms with Crippen LogP contribution in [0.15, 0.2) is 17.2 Å². The third-order valence-electron chi connectivity index (χ3n) is 3.21. The maximum atomic E-state index is 12.5. The molecule has 2 rings (SSSR count). The van der Waals surface area contributed by atoms with E-state index in [4.69, 9.17) is 11.6 Å². The molecule has 1 aromatic heterocycles. The molecular weight excluding hydrogens is 338 g/mol. The van der Waals surface area contributed by atoms with Crippen molar-refractivity contribution < 1.29 is 16.8 Å². The fourth-order valence-electron chi connectivity index (χ4n) is 2.05. The number of pyridine rings is 1. The van der Waals surface area contributed by atoms with Crippen molar-refractivity contribution in [2.45, 2.75) is 11.3 Å². The molecule has 0 radical (unpaired) electrons. The molecule has 1 aliphatic rings. The smallest absolute Gasteiger partial charge is 0.244 e. The summed E-state index contributed by atoms with van der Waals surface area (Å²) in [5, 5.41) is 2.94. The zero-order valence-corrected chi connectivity index (χ0v) is 13.8. The van der Waals surface area contributed by atoms with Crippen LogP contribution in [0.2, 0.25) is 5.02 Å². The molecule has 0 bridgehead atoms. The zero-order chi connectivity index (χ0) is 15.7. The molecule has 10 heteroatoms. The molecular formula is C11H16ClN3O4S2. The fraction of sp³-hybridized carbons (Fsp3) is 0.545. The summed E-state index contributed by atoms with van der Waals surface area (Å²) in [5.74, 6) is 0.229. The Morgan fingerprint density at radius 1 is 1.33 bits per heavy atom. The molecule has 0 atom stereocenters. The van der Waals surface area contributed by atoms with Crippen molar-refractivity contribution in [3.05, 3.63) is 17.3 Å². The van der Waals surface area contributed by atoms with E-state index in [0.717, 1.165) is 0 Å². The quantitative estimate of drug-likeness (QED) is 0.854. The summed E-state index contributed by atoms with van der Waals surface area (Å²) in [5.41, 5.74) is 0. The van der Waals surface area contributed by atoms with Crippen molar-refractivity contribution in [2.75, 3.05) is 37.0 Å². The first-order valence-corrected chi connectivity index (χ1v) is 9.94. The van der Waals surface area contributed by atoms with Gasteiger partial charge in [-0.1, -0.05) is 11.6 Å². The van der Waals surface area contributed by atoms with Crippen LogP contribution in [0, 0.1) is 0 Å². The SMILES string of the molecule is CNc1ncc(S(=O)(=O)N2CCCS(=O)(=O)CC2)cc1Cl. The number of nitrogens with zero attached hydrogens (tertiary/aromatic N) is 2. The predicted octanol–water partition coefficient (Wildman–Crippen LogP) is 0.586. The molecule has 0 saturated carbocycles. The number of sulfonamides is 1. The van der Waals surface area contributed by atoms with Gasteiger partial charge in [-0.3, -0.25) is 0 Å². The number of halogens is 1. The molecule has 0 spiro atoms. The molecule has 1 saturated heterocycles. The number of sulfone groups is 1. The molecule has 1 aliphatic heterocycles. The normalized spacial score (nSPS) is 19.9. The van der Waals surface area contributed by atoms with Crippen LogP contribution in [0.4, 0.5) is 5.82 Å². The van der Waals surface area contributed by atoms with E-state index in [1.165, 1.54) is 16.6 Å². The summed E-state index contributed by atoms with van der Waals surface area (Å²) >= 11 is 5.95. The highest BCUT2D eigenvalue weighted by Crippen LogP contribution is 2.24. The lowest BCUT2D eigenvalue weighted by Crippen LogP contribution is -2.33. The van der Waals surface area contributed by atoms with E-state index in [9.17, 15) is 16.8 Å². The molecule has 0 aromatic carbocycles. The van der Waals surface area contributed by atoms with Crippen LogP contribution in [0.1, 0.15) is 6.42 Å². The van der Waals surface area contributed by atoms with E-state index >= 15 is 0 Å². The van der Waals surface area contributed by atoms with E-state index in [2.05, 4.69) is 10.3 Å². The third-order valence-corrected chi connectivity index (χ3v) is 7.07. The molecule has 0 amide bonds. The molecule has 1 N–H and O–H groups in total. The number of rotatable bonds is 3. The van der Waals surface area contributed by atoms with Crippen LogP contribution in [-0.4, -0.2) is 57.8 Å². The van der Waals surface area contributed by atoms with Gasteiger partial charge in [0.15, 0.2) is 9.84 Å². The number of anilines is 1. The Bertz CT molecular complexity index is 734. The van der Waals surface area contributed by atoms with E-state index in [-0.39, 0.29) is 40.9 Å². The van der Waals surface area contributed by atoms with E-state index < -0.39 is 19.9 Å². The van der Waals surface area contributed by atoms with Crippen molar-refractivity contribution in [1.82, 2.24) is 9.29 Å². The monoisotopic (exact) mass is 353 g/mol. The fourth-order valence-corrected chi connectivity index (χ4v) is 5.22. The van der Waals surface area contributed by atoms with Crippen LogP contribution < -0.4 is 5.32 Å². The van der Waals surface area contributed by atoms with Crippen LogP contribution in [0.5, 0.6) is 0 Å². The first kappa shape index (κ1) is 16.5. The number of hydrogen-bond donors (Lipinski definition) is 1. The topological polar surface area (TPSA) is 96.4 Å². The van der Waals surface area contributed by atoms with Gasteiger partial charge >= 0.3 is 0 Å². The Morgan fingerprint density at radius 3 is 2.67 bits per heavy atom. The summed E-state index contributed by atoms with van der Waals surface area (Å²) in [4.78, 5) is 3.91. The molecule has 0 aliphatic carbocycles. The van der Waals surface area contributed by atoms with Gasteiger partial charge < -0.3 is 5.32 Å². The average Bonchev–Trinajstić information content (AvgIpc) is 2.60. The lowest BCUT2D eigenvalue weighted by Gasteiger charge is -2.19. The van der Waals surface area contributed by atoms with Crippen LogP contribution in [-0.2, 0) is 19.9 Å². The third kappa shape index (κ3) is 3.65. The first-order valence-electron chi connectivity index (χ1n) is 6.30. The Kier molecular flexibility index (Phi) is 4.76. The second kappa shape index (κ2) is 6.07. The second-order valence-electron chi connectivity index (χ2n) is 4.66. The maximum absolute atomic E-state index is 12.5. The zero-order valence-electron chi connectivity index (χ0n) is 11.4. The summed E-state index contributed by atoms with van der Waals surface area (Å²) in [6, 6.07) is 1.31. The highest BCUT2D eigenvalue weighted by atomic mass is 35.5. The van der Waals surface area contributed by atoms with Gasteiger partial charge in [0.1, 0.15) is 10.7 Å². The molecule has 118 valence electrons. The van der Waals surface area contributed by atoms with Crippen LogP contribution in [0.3, 0.4) is 0 Å². The Labute approximate surface area is 129 Å². The number of aromatic nitrogens is 1. The lowest BCUT2D eigenvalue weighted by atomic mass is 10.4. The van der Waals surface area contributed by atoms with Crippen molar-refractivity contribution in [1.29, 1.82) is 0 Å². The highest BCUT2D eigenvalue weighted by Gasteiger charge is 2.29. The Balaban J connectivity index is 2.31. The van der Waals surface area contributed by atoms with Gasteiger partial charge in [-0.25, -0.2) is 21.8 Å². The average molecular weight is 354 g/mol. The van der Waals surface area contributed by atoms with E-state index in [0.29, 0.717) is 5.82 Å². The Hall–Kier alpha value is -0.900. The minimum Gasteiger partial charge on any atom is -0.372 e. The predicted molar refractivity (Wildman–Crippen MR) is 80.8 cm³/mol. The number of hydrogen-bond acceptors (Lipinski definition) is 6. The largest absolute Gasteiger partial charge is 0.372 e. The van der Waals surface area contributed by atoms with Crippen LogP contribution >= 0.6 is 11.6 Å². The molecule has 1 fully saturated rings. The van der Waals surface area contributed by atoms with Gasteiger partial charge in [0.05, 0.1) is 16.5 Å². The Morgan fingerprint density at radius 2 is 2.05 bits per heavy atom. The van der Waals surface area contributed by atoms with E-state index in [1.54, 1.807) is 7.05 Å². The summed E-state index contributed by atoms with van der Waals surface area (Å²) in [7, 11) is -5.33.